The van der Waals surface area contributed by atoms with Crippen molar-refractivity contribution in [1.82, 2.24) is 15.3 Å². The highest BCUT2D eigenvalue weighted by Crippen LogP contribution is 2.17. The van der Waals surface area contributed by atoms with Gasteiger partial charge in [0.05, 0.1) is 0 Å². The van der Waals surface area contributed by atoms with E-state index in [4.69, 9.17) is 5.73 Å². The first-order valence-corrected chi connectivity index (χ1v) is 5.27. The third-order valence-electron chi connectivity index (χ3n) is 2.58. The van der Waals surface area contributed by atoms with Gasteiger partial charge >= 0.3 is 0 Å². The van der Waals surface area contributed by atoms with Gasteiger partial charge in [-0.15, -0.1) is 0 Å². The molecule has 2 heterocycles. The van der Waals surface area contributed by atoms with Crippen LogP contribution in [-0.2, 0) is 4.79 Å². The fourth-order valence-electron chi connectivity index (χ4n) is 1.75. The highest BCUT2D eigenvalue weighted by atomic mass is 16.1. The Kier molecular flexibility index (Phi) is 2.89. The summed E-state index contributed by atoms with van der Waals surface area (Å²) in [4.78, 5) is 21.4. The maximum absolute atomic E-state index is 11.2. The second-order valence-electron chi connectivity index (χ2n) is 3.82. The van der Waals surface area contributed by atoms with E-state index in [0.717, 1.165) is 17.9 Å². The average Bonchev–Trinajstić information content (AvgIpc) is 2.47. The molecule has 0 atom stereocenters. The topological polar surface area (TPSA) is 84.1 Å². The van der Waals surface area contributed by atoms with Gasteiger partial charge in [-0.1, -0.05) is 0 Å². The number of hydrogen-bond donors (Lipinski definition) is 2. The van der Waals surface area contributed by atoms with Gasteiger partial charge in [0.15, 0.2) is 0 Å². The van der Waals surface area contributed by atoms with Crippen LogP contribution in [0.15, 0.2) is 6.20 Å². The fourth-order valence-corrected chi connectivity index (χ4v) is 1.75. The van der Waals surface area contributed by atoms with Crippen molar-refractivity contribution >= 4 is 17.7 Å². The number of hydrogen-bond acceptors (Lipinski definition) is 5. The number of anilines is 2. The highest BCUT2D eigenvalue weighted by molar-refractivity contribution is 5.77. The summed E-state index contributed by atoms with van der Waals surface area (Å²) in [5, 5.41) is 2.82. The molecule has 0 unspecified atom stereocenters. The van der Waals surface area contributed by atoms with Gasteiger partial charge in [-0.25, -0.2) is 4.98 Å². The summed E-state index contributed by atoms with van der Waals surface area (Å²) in [7, 11) is 0. The van der Waals surface area contributed by atoms with E-state index in [9.17, 15) is 4.79 Å². The number of rotatable bonds is 1. The van der Waals surface area contributed by atoms with E-state index in [1.807, 2.05) is 6.92 Å². The zero-order chi connectivity index (χ0) is 11.5. The van der Waals surface area contributed by atoms with Crippen LogP contribution in [0.3, 0.4) is 0 Å². The van der Waals surface area contributed by atoms with Crippen LogP contribution in [-0.4, -0.2) is 35.5 Å². The Labute approximate surface area is 93.9 Å². The lowest BCUT2D eigenvalue weighted by Crippen LogP contribution is -2.29. The number of nitrogen functional groups attached to an aromatic ring is 1. The third-order valence-corrected chi connectivity index (χ3v) is 2.58. The van der Waals surface area contributed by atoms with Gasteiger partial charge < -0.3 is 16.0 Å². The van der Waals surface area contributed by atoms with E-state index in [0.29, 0.717) is 19.5 Å². The molecular weight excluding hydrogens is 206 g/mol. The summed E-state index contributed by atoms with van der Waals surface area (Å²) in [6.45, 7) is 4.00. The fraction of sp³-hybridized carbons (Fsp3) is 0.500. The van der Waals surface area contributed by atoms with Gasteiger partial charge in [-0.2, -0.15) is 4.98 Å². The number of amides is 1. The summed E-state index contributed by atoms with van der Waals surface area (Å²) in [5.74, 6) is 1.18. The molecule has 0 saturated carbocycles. The minimum Gasteiger partial charge on any atom is -0.368 e. The maximum atomic E-state index is 11.2. The van der Waals surface area contributed by atoms with Crippen molar-refractivity contribution < 1.29 is 4.79 Å². The van der Waals surface area contributed by atoms with E-state index in [1.165, 1.54) is 0 Å². The smallest absolute Gasteiger partial charge is 0.221 e. The van der Waals surface area contributed by atoms with Gasteiger partial charge in [-0.05, 0) is 6.92 Å². The normalized spacial score (nSPS) is 16.8. The Balaban J connectivity index is 2.22. The average molecular weight is 221 g/mol. The molecule has 86 valence electrons. The van der Waals surface area contributed by atoms with Crippen molar-refractivity contribution in [3.63, 3.8) is 0 Å². The van der Waals surface area contributed by atoms with Gasteiger partial charge in [0, 0.05) is 37.8 Å². The lowest BCUT2D eigenvalue weighted by atomic mass is 10.3. The SMILES string of the molecule is Cc1cnc(N)nc1N1CCNC(=O)CC1. The maximum Gasteiger partial charge on any atom is 0.221 e. The molecule has 1 amide bonds. The van der Waals surface area contributed by atoms with Crippen LogP contribution in [0.5, 0.6) is 0 Å². The molecular formula is C10H15N5O. The molecule has 1 saturated heterocycles. The molecule has 0 spiro atoms. The molecule has 6 nitrogen and oxygen atoms in total. The molecule has 6 heteroatoms. The Bertz CT molecular complexity index is 406. The second kappa shape index (κ2) is 4.34. The molecule has 16 heavy (non-hydrogen) atoms. The van der Waals surface area contributed by atoms with Gasteiger partial charge in [0.2, 0.25) is 11.9 Å². The molecule has 1 aromatic rings. The summed E-state index contributed by atoms with van der Waals surface area (Å²) >= 11 is 0. The predicted octanol–water partition coefficient (Wildman–Crippen LogP) is -0.306. The van der Waals surface area contributed by atoms with E-state index >= 15 is 0 Å². The van der Waals surface area contributed by atoms with Crippen molar-refractivity contribution in [2.75, 3.05) is 30.3 Å². The van der Waals surface area contributed by atoms with Crippen LogP contribution in [0.1, 0.15) is 12.0 Å². The van der Waals surface area contributed by atoms with Crippen molar-refractivity contribution in [2.45, 2.75) is 13.3 Å². The van der Waals surface area contributed by atoms with Crippen LogP contribution in [0.4, 0.5) is 11.8 Å². The molecule has 0 radical (unpaired) electrons. The van der Waals surface area contributed by atoms with Gasteiger partial charge in [-0.3, -0.25) is 4.79 Å². The van der Waals surface area contributed by atoms with Crippen molar-refractivity contribution in [1.29, 1.82) is 0 Å². The second-order valence-corrected chi connectivity index (χ2v) is 3.82. The summed E-state index contributed by atoms with van der Waals surface area (Å²) < 4.78 is 0. The van der Waals surface area contributed by atoms with E-state index in [-0.39, 0.29) is 11.9 Å². The Morgan fingerprint density at radius 3 is 3.12 bits per heavy atom. The molecule has 0 bridgehead atoms. The summed E-state index contributed by atoms with van der Waals surface area (Å²) in [6.07, 6.45) is 2.20. The van der Waals surface area contributed by atoms with Gasteiger partial charge in [0.1, 0.15) is 5.82 Å². The van der Waals surface area contributed by atoms with Crippen LogP contribution >= 0.6 is 0 Å². The van der Waals surface area contributed by atoms with E-state index in [1.54, 1.807) is 6.20 Å². The number of nitrogens with zero attached hydrogens (tertiary/aromatic N) is 3. The molecule has 0 aromatic carbocycles. The number of nitrogens with two attached hydrogens (primary N) is 1. The highest BCUT2D eigenvalue weighted by Gasteiger charge is 2.16. The van der Waals surface area contributed by atoms with E-state index in [2.05, 4.69) is 20.2 Å². The number of carbonyl (C=O) groups excluding carboxylic acids is 1. The number of aromatic nitrogens is 2. The van der Waals surface area contributed by atoms with Crippen LogP contribution in [0, 0.1) is 6.92 Å². The predicted molar refractivity (Wildman–Crippen MR) is 61.0 cm³/mol. The number of nitrogens with one attached hydrogen (secondary N) is 1. The quantitative estimate of drug-likeness (QED) is 0.679. The number of aryl methyl sites for hydroxylation is 1. The largest absolute Gasteiger partial charge is 0.368 e. The van der Waals surface area contributed by atoms with Crippen LogP contribution < -0.4 is 16.0 Å². The first-order valence-electron chi connectivity index (χ1n) is 5.27. The van der Waals surface area contributed by atoms with Crippen molar-refractivity contribution in [3.05, 3.63) is 11.8 Å². The molecule has 2 rings (SSSR count). The molecule has 3 N–H and O–H groups in total. The lowest BCUT2D eigenvalue weighted by molar-refractivity contribution is -0.120. The lowest BCUT2D eigenvalue weighted by Gasteiger charge is -2.22. The third kappa shape index (κ3) is 2.21. The van der Waals surface area contributed by atoms with Crippen LogP contribution in [0.25, 0.3) is 0 Å². The molecule has 1 aliphatic heterocycles. The van der Waals surface area contributed by atoms with Gasteiger partial charge in [0.25, 0.3) is 0 Å². The zero-order valence-corrected chi connectivity index (χ0v) is 9.23. The minimum absolute atomic E-state index is 0.0854. The Morgan fingerprint density at radius 2 is 2.31 bits per heavy atom. The summed E-state index contributed by atoms with van der Waals surface area (Å²) in [5.41, 5.74) is 6.54. The molecule has 1 aliphatic rings. The molecule has 1 aromatic heterocycles. The van der Waals surface area contributed by atoms with Crippen molar-refractivity contribution in [3.8, 4) is 0 Å². The Hall–Kier alpha value is -1.85. The first kappa shape index (κ1) is 10.7. The van der Waals surface area contributed by atoms with E-state index < -0.39 is 0 Å². The Morgan fingerprint density at radius 1 is 1.50 bits per heavy atom. The minimum atomic E-state index is 0.0854. The first-order chi connectivity index (χ1) is 7.66. The molecule has 1 fully saturated rings. The molecule has 0 aliphatic carbocycles. The monoisotopic (exact) mass is 221 g/mol. The standard InChI is InChI=1S/C10H15N5O/c1-7-6-13-10(11)14-9(7)15-4-2-8(16)12-3-5-15/h6H,2-5H2,1H3,(H,12,16)(H2,11,13,14). The zero-order valence-electron chi connectivity index (χ0n) is 9.23. The summed E-state index contributed by atoms with van der Waals surface area (Å²) in [6, 6.07) is 0. The number of carbonyl (C=O) groups is 1. The van der Waals surface area contributed by atoms with Crippen molar-refractivity contribution in [2.24, 2.45) is 0 Å². The van der Waals surface area contributed by atoms with Crippen LogP contribution in [0.2, 0.25) is 0 Å².